The molecule has 2 N–H and O–H groups in total. The van der Waals surface area contributed by atoms with E-state index >= 15 is 0 Å². The molecule has 0 bridgehead atoms. The number of carbonyl (C=O) groups excluding carboxylic acids is 2. The molecular formula is C33H56N4O2. The molecule has 2 aliphatic heterocycles. The second-order valence-electron chi connectivity index (χ2n) is 12.9. The fraction of sp³-hybridized carbons (Fsp3) is 0.758. The van der Waals surface area contributed by atoms with Crippen LogP contribution in [0.3, 0.4) is 0 Å². The number of nitrogens with zero attached hydrogens (tertiary/aromatic N) is 2. The lowest BCUT2D eigenvalue weighted by Crippen LogP contribution is -2.38. The zero-order valence-corrected chi connectivity index (χ0v) is 25.4. The maximum atomic E-state index is 12.4. The van der Waals surface area contributed by atoms with Crippen molar-refractivity contribution < 1.29 is 9.59 Å². The quantitative estimate of drug-likeness (QED) is 0.313. The van der Waals surface area contributed by atoms with Gasteiger partial charge in [-0.2, -0.15) is 0 Å². The SMILES string of the molecule is CC(C)Cc1cccc(CNC(=O)CCN2CCC(CCCC3CCN(CCC(=O)NC(C)C)CC3)CC2)c1. The lowest BCUT2D eigenvalue weighted by molar-refractivity contribution is -0.122. The van der Waals surface area contributed by atoms with Crippen molar-refractivity contribution in [3.63, 3.8) is 0 Å². The number of likely N-dealkylation sites (tertiary alicyclic amines) is 2. The lowest BCUT2D eigenvalue weighted by Gasteiger charge is -2.33. The van der Waals surface area contributed by atoms with E-state index in [1.165, 1.54) is 56.1 Å². The van der Waals surface area contributed by atoms with Crippen molar-refractivity contribution >= 4 is 11.8 Å². The molecule has 0 atom stereocenters. The number of hydrogen-bond donors (Lipinski definition) is 2. The van der Waals surface area contributed by atoms with Crippen molar-refractivity contribution in [2.24, 2.45) is 17.8 Å². The van der Waals surface area contributed by atoms with Crippen LogP contribution < -0.4 is 10.6 Å². The Kier molecular flexibility index (Phi) is 13.8. The van der Waals surface area contributed by atoms with Gasteiger partial charge in [-0.25, -0.2) is 0 Å². The van der Waals surface area contributed by atoms with Crippen LogP contribution in [0.2, 0.25) is 0 Å². The summed E-state index contributed by atoms with van der Waals surface area (Å²) in [5.41, 5.74) is 2.55. The minimum Gasteiger partial charge on any atom is -0.354 e. The van der Waals surface area contributed by atoms with Gasteiger partial charge in [0.1, 0.15) is 0 Å². The molecule has 2 amide bonds. The highest BCUT2D eigenvalue weighted by atomic mass is 16.2. The summed E-state index contributed by atoms with van der Waals surface area (Å²) in [6.07, 6.45) is 11.5. The van der Waals surface area contributed by atoms with E-state index in [4.69, 9.17) is 0 Å². The van der Waals surface area contributed by atoms with Crippen molar-refractivity contribution in [3.8, 4) is 0 Å². The number of rotatable bonds is 15. The fourth-order valence-electron chi connectivity index (χ4n) is 6.23. The molecular weight excluding hydrogens is 484 g/mol. The highest BCUT2D eigenvalue weighted by Crippen LogP contribution is 2.27. The Bertz CT molecular complexity index is 855. The van der Waals surface area contributed by atoms with Crippen LogP contribution in [0.5, 0.6) is 0 Å². The first-order valence-corrected chi connectivity index (χ1v) is 15.9. The highest BCUT2D eigenvalue weighted by Gasteiger charge is 2.22. The summed E-state index contributed by atoms with van der Waals surface area (Å²) in [7, 11) is 0. The molecule has 1 aromatic rings. The monoisotopic (exact) mass is 540 g/mol. The summed E-state index contributed by atoms with van der Waals surface area (Å²) in [5, 5.41) is 6.12. The Morgan fingerprint density at radius 3 is 1.90 bits per heavy atom. The molecule has 0 saturated carbocycles. The number of benzene rings is 1. The van der Waals surface area contributed by atoms with Crippen molar-refractivity contribution in [2.45, 2.75) is 104 Å². The minimum absolute atomic E-state index is 0.163. The van der Waals surface area contributed by atoms with Gasteiger partial charge in [0, 0.05) is 38.5 Å². The third kappa shape index (κ3) is 12.9. The van der Waals surface area contributed by atoms with Crippen molar-refractivity contribution in [2.75, 3.05) is 39.3 Å². The number of nitrogens with one attached hydrogen (secondary N) is 2. The fourth-order valence-corrected chi connectivity index (χ4v) is 6.23. The Balaban J connectivity index is 1.20. The molecule has 220 valence electrons. The van der Waals surface area contributed by atoms with Gasteiger partial charge in [0.05, 0.1) is 0 Å². The molecule has 6 heteroatoms. The van der Waals surface area contributed by atoms with Crippen LogP contribution in [0.4, 0.5) is 0 Å². The van der Waals surface area contributed by atoms with Crippen molar-refractivity contribution in [3.05, 3.63) is 35.4 Å². The number of amides is 2. The van der Waals surface area contributed by atoms with Gasteiger partial charge in [-0.15, -0.1) is 0 Å². The van der Waals surface area contributed by atoms with Gasteiger partial charge in [0.25, 0.3) is 0 Å². The molecule has 1 aromatic carbocycles. The number of carbonyl (C=O) groups is 2. The highest BCUT2D eigenvalue weighted by molar-refractivity contribution is 5.76. The topological polar surface area (TPSA) is 64.7 Å². The lowest BCUT2D eigenvalue weighted by atomic mass is 9.87. The average Bonchev–Trinajstić information content (AvgIpc) is 2.90. The molecule has 2 aliphatic rings. The summed E-state index contributed by atoms with van der Waals surface area (Å²) in [6.45, 7) is 15.5. The van der Waals surface area contributed by atoms with Crippen LogP contribution in [-0.2, 0) is 22.6 Å². The third-order valence-electron chi connectivity index (χ3n) is 8.52. The van der Waals surface area contributed by atoms with Gasteiger partial charge in [0.2, 0.25) is 11.8 Å². The second-order valence-corrected chi connectivity index (χ2v) is 12.9. The first-order valence-electron chi connectivity index (χ1n) is 15.9. The molecule has 2 heterocycles. The largest absolute Gasteiger partial charge is 0.354 e. The Morgan fingerprint density at radius 2 is 1.36 bits per heavy atom. The zero-order chi connectivity index (χ0) is 28.0. The Labute approximate surface area is 238 Å². The predicted octanol–water partition coefficient (Wildman–Crippen LogP) is 5.40. The van der Waals surface area contributed by atoms with E-state index in [-0.39, 0.29) is 17.9 Å². The average molecular weight is 541 g/mol. The first-order chi connectivity index (χ1) is 18.8. The minimum atomic E-state index is 0.163. The Morgan fingerprint density at radius 1 is 0.821 bits per heavy atom. The molecule has 0 spiro atoms. The molecule has 0 aliphatic carbocycles. The maximum absolute atomic E-state index is 12.4. The molecule has 0 aromatic heterocycles. The summed E-state index contributed by atoms with van der Waals surface area (Å²) in [4.78, 5) is 29.3. The van der Waals surface area contributed by atoms with Crippen LogP contribution in [0, 0.1) is 17.8 Å². The predicted molar refractivity (Wildman–Crippen MR) is 162 cm³/mol. The summed E-state index contributed by atoms with van der Waals surface area (Å²) in [5.74, 6) is 2.70. The molecule has 39 heavy (non-hydrogen) atoms. The van der Waals surface area contributed by atoms with Gasteiger partial charge in [-0.1, -0.05) is 57.4 Å². The van der Waals surface area contributed by atoms with Gasteiger partial charge < -0.3 is 20.4 Å². The van der Waals surface area contributed by atoms with E-state index in [1.54, 1.807) is 0 Å². The summed E-state index contributed by atoms with van der Waals surface area (Å²) < 4.78 is 0. The van der Waals surface area contributed by atoms with Crippen LogP contribution >= 0.6 is 0 Å². The smallest absolute Gasteiger partial charge is 0.221 e. The molecule has 3 rings (SSSR count). The van der Waals surface area contributed by atoms with Gasteiger partial charge in [-0.05, 0) is 101 Å². The number of hydrogen-bond acceptors (Lipinski definition) is 4. The standard InChI is InChI=1S/C33H56N4O2/c1-26(2)23-30-9-6-10-31(24-30)25-34-32(38)15-21-36-17-11-28(12-18-36)7-5-8-29-13-19-37(20-14-29)22-16-33(39)35-27(3)4/h6,9-10,24,26-29H,5,7-8,11-23,25H2,1-4H3,(H,34,38)(H,35,39). The first kappa shape index (κ1) is 31.6. The Hall–Kier alpha value is -1.92. The molecule has 6 nitrogen and oxygen atoms in total. The molecule has 0 unspecified atom stereocenters. The summed E-state index contributed by atoms with van der Waals surface area (Å²) >= 11 is 0. The van der Waals surface area contributed by atoms with Gasteiger partial charge in [0.15, 0.2) is 0 Å². The third-order valence-corrected chi connectivity index (χ3v) is 8.52. The van der Waals surface area contributed by atoms with Crippen LogP contribution in [-0.4, -0.2) is 66.9 Å². The normalized spacial score (nSPS) is 18.1. The van der Waals surface area contributed by atoms with Crippen LogP contribution in [0.25, 0.3) is 0 Å². The van der Waals surface area contributed by atoms with Crippen LogP contribution in [0.15, 0.2) is 24.3 Å². The van der Waals surface area contributed by atoms with E-state index in [2.05, 4.69) is 58.5 Å². The van der Waals surface area contributed by atoms with Crippen molar-refractivity contribution in [1.29, 1.82) is 0 Å². The summed E-state index contributed by atoms with van der Waals surface area (Å²) in [6, 6.07) is 8.85. The van der Waals surface area contributed by atoms with Crippen LogP contribution in [0.1, 0.15) is 96.6 Å². The zero-order valence-electron chi connectivity index (χ0n) is 25.4. The van der Waals surface area contributed by atoms with Crippen molar-refractivity contribution in [1.82, 2.24) is 20.4 Å². The van der Waals surface area contributed by atoms with E-state index in [0.29, 0.717) is 25.3 Å². The van der Waals surface area contributed by atoms with E-state index in [0.717, 1.165) is 57.5 Å². The van der Waals surface area contributed by atoms with E-state index in [9.17, 15) is 9.59 Å². The molecule has 2 saturated heterocycles. The van der Waals surface area contributed by atoms with E-state index in [1.807, 2.05) is 13.8 Å². The second kappa shape index (κ2) is 17.0. The van der Waals surface area contributed by atoms with Gasteiger partial charge in [-0.3, -0.25) is 9.59 Å². The molecule has 2 fully saturated rings. The maximum Gasteiger partial charge on any atom is 0.221 e. The van der Waals surface area contributed by atoms with E-state index < -0.39 is 0 Å². The molecule has 0 radical (unpaired) electrons. The van der Waals surface area contributed by atoms with Gasteiger partial charge >= 0.3 is 0 Å². The number of piperidine rings is 2.